The van der Waals surface area contributed by atoms with E-state index in [2.05, 4.69) is 13.2 Å². The van der Waals surface area contributed by atoms with Crippen LogP contribution < -0.4 is 11.2 Å². The van der Waals surface area contributed by atoms with Gasteiger partial charge in [0.2, 0.25) is 5.91 Å². The average molecular weight is 343 g/mol. The Kier molecular flexibility index (Phi) is 6.75. The second-order valence-corrected chi connectivity index (χ2v) is 4.78. The third kappa shape index (κ3) is 4.17. The van der Waals surface area contributed by atoms with Crippen LogP contribution in [0.25, 0.3) is 16.5 Å². The molecule has 0 saturated carbocycles. The van der Waals surface area contributed by atoms with Crippen LogP contribution in [-0.2, 0) is 11.2 Å². The predicted octanol–water partition coefficient (Wildman–Crippen LogP) is 3.01. The van der Waals surface area contributed by atoms with E-state index in [1.807, 2.05) is 13.8 Å². The van der Waals surface area contributed by atoms with Crippen LogP contribution in [0.1, 0.15) is 25.2 Å². The summed E-state index contributed by atoms with van der Waals surface area (Å²) in [5, 5.41) is 19.7. The van der Waals surface area contributed by atoms with Gasteiger partial charge in [-0.15, -0.1) is 0 Å². The van der Waals surface area contributed by atoms with Crippen LogP contribution in [0, 0.1) is 0 Å². The van der Waals surface area contributed by atoms with E-state index in [9.17, 15) is 19.8 Å². The third-order valence-corrected chi connectivity index (χ3v) is 3.21. The first-order valence-electron chi connectivity index (χ1n) is 7.64. The summed E-state index contributed by atoms with van der Waals surface area (Å²) in [5.41, 5.74) is 5.05. The number of rotatable bonds is 5. The van der Waals surface area contributed by atoms with E-state index in [0.29, 0.717) is 5.57 Å². The van der Waals surface area contributed by atoms with Crippen molar-refractivity contribution in [1.29, 1.82) is 0 Å². The van der Waals surface area contributed by atoms with Crippen molar-refractivity contribution in [3.8, 4) is 11.5 Å². The number of carbonyl (C=O) groups is 1. The van der Waals surface area contributed by atoms with E-state index in [1.165, 1.54) is 18.2 Å². The van der Waals surface area contributed by atoms with Crippen molar-refractivity contribution in [3.63, 3.8) is 0 Å². The van der Waals surface area contributed by atoms with E-state index in [0.717, 1.165) is 6.07 Å². The molecule has 0 spiro atoms. The summed E-state index contributed by atoms with van der Waals surface area (Å²) in [7, 11) is 0. The van der Waals surface area contributed by atoms with Crippen LogP contribution in [0.3, 0.4) is 0 Å². The largest absolute Gasteiger partial charge is 0.507 e. The Morgan fingerprint density at radius 1 is 1.24 bits per heavy atom. The standard InChI is InChI=1S/C17H15NO5.C2H6/c1-3-5-9(4-2)14-8-13(21)16-12(20)7-11(19)10(6-15(18)22)17(16)23-14;1-2/h3-5,7-8,19-20H,1-2,6H2,(H2,18,22);1-2H3/b9-5+;. The van der Waals surface area contributed by atoms with E-state index < -0.39 is 17.1 Å². The van der Waals surface area contributed by atoms with Crippen molar-refractivity contribution in [2.45, 2.75) is 20.3 Å². The van der Waals surface area contributed by atoms with Crippen LogP contribution >= 0.6 is 0 Å². The number of phenolic OH excluding ortho intramolecular Hbond substituents is 2. The second kappa shape index (κ2) is 8.54. The van der Waals surface area contributed by atoms with Gasteiger partial charge in [0.1, 0.15) is 28.2 Å². The Bertz CT molecular complexity index is 906. The maximum absolute atomic E-state index is 12.3. The molecule has 1 amide bonds. The summed E-state index contributed by atoms with van der Waals surface area (Å²) in [6, 6.07) is 2.16. The second-order valence-electron chi connectivity index (χ2n) is 4.78. The molecular weight excluding hydrogens is 322 g/mol. The molecule has 2 rings (SSSR count). The van der Waals surface area contributed by atoms with E-state index >= 15 is 0 Å². The lowest BCUT2D eigenvalue weighted by Gasteiger charge is -2.10. The van der Waals surface area contributed by atoms with Gasteiger partial charge in [0.25, 0.3) is 0 Å². The summed E-state index contributed by atoms with van der Waals surface area (Å²) in [4.78, 5) is 23.5. The van der Waals surface area contributed by atoms with Crippen molar-refractivity contribution < 1.29 is 19.4 Å². The molecule has 0 radical (unpaired) electrons. The Morgan fingerprint density at radius 2 is 1.88 bits per heavy atom. The van der Waals surface area contributed by atoms with Crippen molar-refractivity contribution in [2.75, 3.05) is 0 Å². The Balaban J connectivity index is 0.00000151. The Labute approximate surface area is 145 Å². The lowest BCUT2D eigenvalue weighted by atomic mass is 10.0. The normalized spacial score (nSPS) is 10.7. The third-order valence-electron chi connectivity index (χ3n) is 3.21. The minimum atomic E-state index is -0.717. The van der Waals surface area contributed by atoms with Gasteiger partial charge in [0, 0.05) is 23.3 Å². The van der Waals surface area contributed by atoms with Crippen molar-refractivity contribution >= 4 is 22.4 Å². The van der Waals surface area contributed by atoms with Gasteiger partial charge in [-0.25, -0.2) is 0 Å². The van der Waals surface area contributed by atoms with Gasteiger partial charge in [-0.2, -0.15) is 0 Å². The van der Waals surface area contributed by atoms with Crippen LogP contribution in [0.15, 0.2) is 52.7 Å². The molecule has 0 aliphatic carbocycles. The van der Waals surface area contributed by atoms with Gasteiger partial charge >= 0.3 is 0 Å². The molecule has 6 nitrogen and oxygen atoms in total. The van der Waals surface area contributed by atoms with Crippen LogP contribution in [0.4, 0.5) is 0 Å². The smallest absolute Gasteiger partial charge is 0.222 e. The van der Waals surface area contributed by atoms with E-state index in [4.69, 9.17) is 10.2 Å². The fraction of sp³-hybridized carbons (Fsp3) is 0.158. The first-order chi connectivity index (χ1) is 11.9. The maximum atomic E-state index is 12.3. The molecule has 6 heteroatoms. The predicted molar refractivity (Wildman–Crippen MR) is 98.4 cm³/mol. The summed E-state index contributed by atoms with van der Waals surface area (Å²) < 4.78 is 5.63. The number of nitrogens with two attached hydrogens (primary N) is 1. The van der Waals surface area contributed by atoms with Gasteiger partial charge in [-0.05, 0) is 0 Å². The van der Waals surface area contributed by atoms with Gasteiger partial charge < -0.3 is 20.4 Å². The highest BCUT2D eigenvalue weighted by Gasteiger charge is 2.19. The summed E-state index contributed by atoms with van der Waals surface area (Å²) in [5.74, 6) is -1.39. The molecule has 1 aromatic heterocycles. The SMILES string of the molecule is C=C/C=C(\C=C)c1cc(=O)c2c(O)cc(O)c(CC(N)=O)c2o1.CC. The van der Waals surface area contributed by atoms with Crippen molar-refractivity contribution in [2.24, 2.45) is 5.73 Å². The molecule has 4 N–H and O–H groups in total. The number of aromatic hydroxyl groups is 2. The molecule has 1 aromatic carbocycles. The number of hydrogen-bond acceptors (Lipinski definition) is 5. The monoisotopic (exact) mass is 343 g/mol. The van der Waals surface area contributed by atoms with Crippen LogP contribution in [0.2, 0.25) is 0 Å². The van der Waals surface area contributed by atoms with Gasteiger partial charge in [-0.1, -0.05) is 45.2 Å². The number of primary amides is 1. The summed E-state index contributed by atoms with van der Waals surface area (Å²) in [6.07, 6.45) is 4.19. The number of amides is 1. The molecular formula is C19H21NO5. The minimum absolute atomic E-state index is 0.0336. The number of benzene rings is 1. The van der Waals surface area contributed by atoms with E-state index in [-0.39, 0.29) is 34.5 Å². The highest BCUT2D eigenvalue weighted by Crippen LogP contribution is 2.34. The van der Waals surface area contributed by atoms with E-state index in [1.54, 1.807) is 6.08 Å². The van der Waals surface area contributed by atoms with Crippen LogP contribution in [0.5, 0.6) is 11.5 Å². The molecule has 0 unspecified atom stereocenters. The highest BCUT2D eigenvalue weighted by molar-refractivity contribution is 5.92. The summed E-state index contributed by atoms with van der Waals surface area (Å²) >= 11 is 0. The number of carbonyl (C=O) groups excluding carboxylic acids is 1. The number of allylic oxidation sites excluding steroid dienone is 4. The molecule has 0 aliphatic rings. The molecule has 0 fully saturated rings. The topological polar surface area (TPSA) is 114 Å². The molecule has 2 aromatic rings. The molecule has 0 saturated heterocycles. The Morgan fingerprint density at radius 3 is 2.40 bits per heavy atom. The molecule has 0 aliphatic heterocycles. The van der Waals surface area contributed by atoms with Gasteiger partial charge in [-0.3, -0.25) is 9.59 Å². The van der Waals surface area contributed by atoms with Gasteiger partial charge in [0.05, 0.1) is 6.42 Å². The minimum Gasteiger partial charge on any atom is -0.507 e. The van der Waals surface area contributed by atoms with Gasteiger partial charge in [0.15, 0.2) is 5.43 Å². The molecule has 1 heterocycles. The lowest BCUT2D eigenvalue weighted by Crippen LogP contribution is -2.15. The van der Waals surface area contributed by atoms with Crippen molar-refractivity contribution in [3.05, 3.63) is 65.1 Å². The van der Waals surface area contributed by atoms with Crippen molar-refractivity contribution in [1.82, 2.24) is 0 Å². The first-order valence-corrected chi connectivity index (χ1v) is 7.64. The quantitative estimate of drug-likeness (QED) is 0.722. The first kappa shape index (κ1) is 19.8. The fourth-order valence-electron chi connectivity index (χ4n) is 2.22. The molecule has 0 bridgehead atoms. The zero-order valence-electron chi connectivity index (χ0n) is 14.2. The maximum Gasteiger partial charge on any atom is 0.222 e. The average Bonchev–Trinajstić information content (AvgIpc) is 2.57. The zero-order valence-corrected chi connectivity index (χ0v) is 14.2. The summed E-state index contributed by atoms with van der Waals surface area (Å²) in [6.45, 7) is 11.2. The number of phenols is 2. The molecule has 25 heavy (non-hydrogen) atoms. The molecule has 0 atom stereocenters. The number of hydrogen-bond donors (Lipinski definition) is 3. The lowest BCUT2D eigenvalue weighted by molar-refractivity contribution is -0.117. The fourth-order valence-corrected chi connectivity index (χ4v) is 2.22. The zero-order chi connectivity index (χ0) is 19.1. The number of fused-ring (bicyclic) bond motifs is 1. The molecule has 132 valence electrons. The Hall–Kier alpha value is -3.28. The highest BCUT2D eigenvalue weighted by atomic mass is 16.3. The van der Waals surface area contributed by atoms with Crippen LogP contribution in [-0.4, -0.2) is 16.1 Å².